The summed E-state index contributed by atoms with van der Waals surface area (Å²) in [4.78, 5) is 37.5. The Labute approximate surface area is 124 Å². The van der Waals surface area contributed by atoms with Gasteiger partial charge in [-0.3, -0.25) is 19.3 Å². The van der Waals surface area contributed by atoms with E-state index in [0.717, 1.165) is 21.5 Å². The van der Waals surface area contributed by atoms with Crippen LogP contribution in [0.15, 0.2) is 22.4 Å². The van der Waals surface area contributed by atoms with Crippen molar-refractivity contribution in [3.8, 4) is 0 Å². The van der Waals surface area contributed by atoms with Crippen LogP contribution < -0.4 is 0 Å². The predicted octanol–water partition coefficient (Wildman–Crippen LogP) is 2.74. The normalized spacial score (nSPS) is 17.4. The summed E-state index contributed by atoms with van der Waals surface area (Å²) in [5.41, 5.74) is 0. The lowest BCUT2D eigenvalue weighted by atomic mass is 10.3. The van der Waals surface area contributed by atoms with Gasteiger partial charge in [-0.15, -0.1) is 11.3 Å². The first kappa shape index (κ1) is 14.8. The summed E-state index contributed by atoms with van der Waals surface area (Å²) in [7, 11) is 0. The highest BCUT2D eigenvalue weighted by Crippen LogP contribution is 2.32. The van der Waals surface area contributed by atoms with Crippen LogP contribution in [-0.2, 0) is 14.3 Å². The lowest BCUT2D eigenvalue weighted by Crippen LogP contribution is -2.35. The fraction of sp³-hybridized carbons (Fsp3) is 0.308. The molecule has 2 rings (SSSR count). The summed E-state index contributed by atoms with van der Waals surface area (Å²) >= 11 is 2.31. The third kappa shape index (κ3) is 3.49. The van der Waals surface area contributed by atoms with Gasteiger partial charge < -0.3 is 4.74 Å². The molecule has 0 unspecified atom stereocenters. The molecule has 0 aliphatic carbocycles. The number of nitrogens with zero attached hydrogens (tertiary/aromatic N) is 1. The number of thioether (sulfide) groups is 1. The molecule has 7 heteroatoms. The highest BCUT2D eigenvalue weighted by molar-refractivity contribution is 8.18. The maximum absolute atomic E-state index is 12.1. The van der Waals surface area contributed by atoms with Crippen molar-refractivity contribution in [3.63, 3.8) is 0 Å². The van der Waals surface area contributed by atoms with E-state index in [0.29, 0.717) is 4.91 Å². The molecule has 2 heterocycles. The number of imide groups is 1. The van der Waals surface area contributed by atoms with E-state index in [1.807, 2.05) is 17.5 Å². The van der Waals surface area contributed by atoms with Crippen molar-refractivity contribution >= 4 is 46.3 Å². The van der Waals surface area contributed by atoms with Gasteiger partial charge in [0.25, 0.3) is 11.1 Å². The SMILES string of the molecule is CC(C)OC(=O)CN1C(=O)S/C(=C\c2cccs2)C1=O. The fourth-order valence-electron chi connectivity index (χ4n) is 1.57. The van der Waals surface area contributed by atoms with Crippen molar-refractivity contribution in [3.05, 3.63) is 27.3 Å². The topological polar surface area (TPSA) is 63.7 Å². The minimum absolute atomic E-state index is 0.274. The van der Waals surface area contributed by atoms with E-state index in [1.54, 1.807) is 19.9 Å². The third-order valence-electron chi connectivity index (χ3n) is 2.34. The molecule has 1 aliphatic heterocycles. The van der Waals surface area contributed by atoms with Crippen LogP contribution in [0.1, 0.15) is 18.7 Å². The van der Waals surface area contributed by atoms with Crippen molar-refractivity contribution in [2.75, 3.05) is 6.54 Å². The molecule has 1 aromatic rings. The van der Waals surface area contributed by atoms with Crippen molar-refractivity contribution in [1.82, 2.24) is 4.90 Å². The van der Waals surface area contributed by atoms with E-state index < -0.39 is 17.1 Å². The van der Waals surface area contributed by atoms with Gasteiger partial charge in [0.2, 0.25) is 0 Å². The average Bonchev–Trinajstić information content (AvgIpc) is 2.93. The maximum Gasteiger partial charge on any atom is 0.326 e. The summed E-state index contributed by atoms with van der Waals surface area (Å²) in [6, 6.07) is 3.71. The highest BCUT2D eigenvalue weighted by Gasteiger charge is 2.36. The highest BCUT2D eigenvalue weighted by atomic mass is 32.2. The van der Waals surface area contributed by atoms with E-state index in [-0.39, 0.29) is 12.6 Å². The zero-order valence-electron chi connectivity index (χ0n) is 11.0. The monoisotopic (exact) mass is 311 g/mol. The molecule has 5 nitrogen and oxygen atoms in total. The second-order valence-corrected chi connectivity index (χ2v) is 6.29. The number of carbonyl (C=O) groups excluding carboxylic acids is 3. The van der Waals surface area contributed by atoms with E-state index in [1.165, 1.54) is 11.3 Å². The predicted molar refractivity (Wildman–Crippen MR) is 78.2 cm³/mol. The molecule has 20 heavy (non-hydrogen) atoms. The summed E-state index contributed by atoms with van der Waals surface area (Å²) in [5, 5.41) is 1.44. The molecule has 0 bridgehead atoms. The van der Waals surface area contributed by atoms with Crippen molar-refractivity contribution in [2.24, 2.45) is 0 Å². The Kier molecular flexibility index (Phi) is 4.61. The Bertz CT molecular complexity index is 563. The van der Waals surface area contributed by atoms with E-state index in [2.05, 4.69) is 0 Å². The molecule has 0 N–H and O–H groups in total. The Morgan fingerprint density at radius 3 is 2.80 bits per heavy atom. The number of esters is 1. The second-order valence-electron chi connectivity index (χ2n) is 4.32. The number of rotatable bonds is 4. The van der Waals surface area contributed by atoms with Gasteiger partial charge in [-0.2, -0.15) is 0 Å². The molecule has 0 atom stereocenters. The van der Waals surface area contributed by atoms with Crippen LogP contribution >= 0.6 is 23.1 Å². The van der Waals surface area contributed by atoms with Gasteiger partial charge in [-0.05, 0) is 43.1 Å². The first-order valence-electron chi connectivity index (χ1n) is 5.95. The minimum Gasteiger partial charge on any atom is -0.462 e. The van der Waals surface area contributed by atoms with E-state index >= 15 is 0 Å². The molecule has 1 aromatic heterocycles. The molecule has 0 saturated carbocycles. The number of hydrogen-bond donors (Lipinski definition) is 0. The van der Waals surface area contributed by atoms with Crippen molar-refractivity contribution < 1.29 is 19.1 Å². The van der Waals surface area contributed by atoms with Gasteiger partial charge in [0.1, 0.15) is 6.54 Å². The number of ether oxygens (including phenoxy) is 1. The van der Waals surface area contributed by atoms with Crippen LogP contribution in [0.2, 0.25) is 0 Å². The zero-order valence-corrected chi connectivity index (χ0v) is 12.6. The van der Waals surface area contributed by atoms with Crippen LogP contribution in [0.25, 0.3) is 6.08 Å². The minimum atomic E-state index is -0.584. The fourth-order valence-corrected chi connectivity index (χ4v) is 3.13. The standard InChI is InChI=1S/C13H13NO4S2/c1-8(2)18-11(15)7-14-12(16)10(20-13(14)17)6-9-4-3-5-19-9/h3-6,8H,7H2,1-2H3/b10-6-. The van der Waals surface area contributed by atoms with Crippen LogP contribution in [0.5, 0.6) is 0 Å². The van der Waals surface area contributed by atoms with E-state index in [4.69, 9.17) is 4.74 Å². The molecule has 1 saturated heterocycles. The summed E-state index contributed by atoms with van der Waals surface area (Å²) in [6.07, 6.45) is 1.38. The first-order chi connectivity index (χ1) is 9.47. The summed E-state index contributed by atoms with van der Waals surface area (Å²) in [6.45, 7) is 3.08. The number of hydrogen-bond acceptors (Lipinski definition) is 6. The molecule has 106 valence electrons. The lowest BCUT2D eigenvalue weighted by molar-refractivity contribution is -0.149. The summed E-state index contributed by atoms with van der Waals surface area (Å²) in [5.74, 6) is -1.03. The maximum atomic E-state index is 12.1. The molecular formula is C13H13NO4S2. The Balaban J connectivity index is 2.07. The smallest absolute Gasteiger partial charge is 0.326 e. The van der Waals surface area contributed by atoms with Crippen LogP contribution in [0.3, 0.4) is 0 Å². The Hall–Kier alpha value is -1.60. The van der Waals surface area contributed by atoms with Crippen molar-refractivity contribution in [2.45, 2.75) is 20.0 Å². The largest absolute Gasteiger partial charge is 0.462 e. The van der Waals surface area contributed by atoms with Crippen molar-refractivity contribution in [1.29, 1.82) is 0 Å². The molecule has 0 aromatic carbocycles. The first-order valence-corrected chi connectivity index (χ1v) is 7.65. The quantitative estimate of drug-likeness (QED) is 0.632. The van der Waals surface area contributed by atoms with Gasteiger partial charge in [0.15, 0.2) is 0 Å². The number of amides is 2. The Morgan fingerprint density at radius 1 is 1.45 bits per heavy atom. The molecular weight excluding hydrogens is 298 g/mol. The molecule has 0 radical (unpaired) electrons. The van der Waals surface area contributed by atoms with Crippen LogP contribution in [0, 0.1) is 0 Å². The molecule has 0 spiro atoms. The van der Waals surface area contributed by atoms with Crippen LogP contribution in [0.4, 0.5) is 4.79 Å². The van der Waals surface area contributed by atoms with Gasteiger partial charge in [0.05, 0.1) is 11.0 Å². The molecule has 2 amide bonds. The van der Waals surface area contributed by atoms with E-state index in [9.17, 15) is 14.4 Å². The van der Waals surface area contributed by atoms with Gasteiger partial charge >= 0.3 is 5.97 Å². The third-order valence-corrected chi connectivity index (χ3v) is 4.07. The lowest BCUT2D eigenvalue weighted by Gasteiger charge is -2.13. The Morgan fingerprint density at radius 2 is 2.20 bits per heavy atom. The molecule has 1 aliphatic rings. The van der Waals surface area contributed by atoms with Gasteiger partial charge in [-0.25, -0.2) is 0 Å². The van der Waals surface area contributed by atoms with Gasteiger partial charge in [0, 0.05) is 4.88 Å². The summed E-state index contributed by atoms with van der Waals surface area (Å²) < 4.78 is 4.94. The average molecular weight is 311 g/mol. The van der Waals surface area contributed by atoms with Crippen LogP contribution in [-0.4, -0.2) is 34.7 Å². The van der Waals surface area contributed by atoms with Gasteiger partial charge in [-0.1, -0.05) is 6.07 Å². The second kappa shape index (κ2) is 6.23. The number of carbonyl (C=O) groups is 3. The zero-order chi connectivity index (χ0) is 14.7. The molecule has 1 fully saturated rings. The number of thiophene rings is 1.